The molecular weight excluding hydrogens is 210 g/mol. The minimum Gasteiger partial charge on any atom is -0.377 e. The Bertz CT molecular complexity index is 258. The van der Waals surface area contributed by atoms with Crippen LogP contribution in [0.4, 0.5) is 0 Å². The summed E-state index contributed by atoms with van der Waals surface area (Å²) in [4.78, 5) is 0. The number of rotatable bonds is 6. The lowest BCUT2D eigenvalue weighted by Gasteiger charge is -2.53. The van der Waals surface area contributed by atoms with Gasteiger partial charge in [-0.05, 0) is 38.0 Å². The summed E-state index contributed by atoms with van der Waals surface area (Å²) in [5.41, 5.74) is 0.304. The molecule has 0 amide bonds. The first kappa shape index (κ1) is 13.4. The van der Waals surface area contributed by atoms with Crippen LogP contribution in [0.2, 0.25) is 0 Å². The van der Waals surface area contributed by atoms with E-state index in [4.69, 9.17) is 4.74 Å². The van der Waals surface area contributed by atoms with Gasteiger partial charge in [0.15, 0.2) is 0 Å². The molecule has 0 heterocycles. The molecule has 2 aliphatic carbocycles. The molecule has 2 heteroatoms. The third-order valence-electron chi connectivity index (χ3n) is 4.60. The van der Waals surface area contributed by atoms with Crippen LogP contribution in [0.1, 0.15) is 53.9 Å². The van der Waals surface area contributed by atoms with Crippen molar-refractivity contribution in [2.24, 2.45) is 17.3 Å². The van der Waals surface area contributed by atoms with Crippen molar-refractivity contribution in [3.63, 3.8) is 0 Å². The van der Waals surface area contributed by atoms with Crippen molar-refractivity contribution in [3.8, 4) is 0 Å². The van der Waals surface area contributed by atoms with Gasteiger partial charge in [-0.3, -0.25) is 0 Å². The van der Waals surface area contributed by atoms with E-state index in [2.05, 4.69) is 39.9 Å². The van der Waals surface area contributed by atoms with E-state index < -0.39 is 0 Å². The third kappa shape index (κ3) is 3.03. The molecule has 2 fully saturated rings. The highest BCUT2D eigenvalue weighted by Gasteiger charge is 2.49. The quantitative estimate of drug-likeness (QED) is 0.768. The maximum absolute atomic E-state index is 6.00. The fourth-order valence-electron chi connectivity index (χ4n) is 2.81. The van der Waals surface area contributed by atoms with E-state index in [-0.39, 0.29) is 0 Å². The molecule has 2 rings (SSSR count). The monoisotopic (exact) mass is 239 g/mol. The first-order chi connectivity index (χ1) is 7.91. The van der Waals surface area contributed by atoms with Gasteiger partial charge in [-0.2, -0.15) is 0 Å². The molecule has 0 aromatic heterocycles. The zero-order valence-electron chi connectivity index (χ0n) is 12.1. The van der Waals surface area contributed by atoms with Gasteiger partial charge in [-0.25, -0.2) is 0 Å². The zero-order valence-corrected chi connectivity index (χ0v) is 12.1. The van der Waals surface area contributed by atoms with E-state index >= 15 is 0 Å². The van der Waals surface area contributed by atoms with Crippen LogP contribution < -0.4 is 5.32 Å². The minimum atomic E-state index is 0.304. The summed E-state index contributed by atoms with van der Waals surface area (Å²) < 4.78 is 6.00. The van der Waals surface area contributed by atoms with Crippen LogP contribution in [0.3, 0.4) is 0 Å². The van der Waals surface area contributed by atoms with E-state index in [0.29, 0.717) is 29.5 Å². The maximum atomic E-state index is 6.00. The van der Waals surface area contributed by atoms with Gasteiger partial charge in [0.05, 0.1) is 6.10 Å². The molecule has 0 aromatic carbocycles. The fourth-order valence-corrected chi connectivity index (χ4v) is 2.81. The van der Waals surface area contributed by atoms with Gasteiger partial charge in [0.25, 0.3) is 0 Å². The first-order valence-electron chi connectivity index (χ1n) is 7.29. The molecule has 1 N–H and O–H groups in total. The van der Waals surface area contributed by atoms with E-state index in [1.165, 1.54) is 19.3 Å². The van der Waals surface area contributed by atoms with Crippen LogP contribution in [0.5, 0.6) is 0 Å². The molecule has 100 valence electrons. The van der Waals surface area contributed by atoms with Crippen LogP contribution >= 0.6 is 0 Å². The molecule has 2 aliphatic rings. The molecule has 0 aromatic rings. The van der Waals surface area contributed by atoms with Crippen LogP contribution in [0.15, 0.2) is 0 Å². The average Bonchev–Trinajstić information content (AvgIpc) is 3.04. The summed E-state index contributed by atoms with van der Waals surface area (Å²) >= 11 is 0. The fraction of sp³-hybridized carbons (Fsp3) is 1.00. The van der Waals surface area contributed by atoms with Crippen molar-refractivity contribution in [2.75, 3.05) is 6.61 Å². The Morgan fingerprint density at radius 3 is 2.35 bits per heavy atom. The number of hydrogen-bond donors (Lipinski definition) is 1. The highest BCUT2D eigenvalue weighted by molar-refractivity contribution is 5.04. The predicted molar refractivity (Wildman–Crippen MR) is 72.1 cm³/mol. The Morgan fingerprint density at radius 2 is 1.88 bits per heavy atom. The largest absolute Gasteiger partial charge is 0.377 e. The summed E-state index contributed by atoms with van der Waals surface area (Å²) in [6, 6.07) is 1.35. The normalized spacial score (nSPS) is 33.5. The van der Waals surface area contributed by atoms with Crippen LogP contribution in [0.25, 0.3) is 0 Å². The number of ether oxygens (including phenoxy) is 1. The molecule has 0 saturated heterocycles. The highest BCUT2D eigenvalue weighted by Crippen LogP contribution is 2.44. The van der Waals surface area contributed by atoms with Gasteiger partial charge in [-0.15, -0.1) is 0 Å². The molecule has 2 nitrogen and oxygen atoms in total. The second-order valence-electron chi connectivity index (χ2n) is 7.12. The highest BCUT2D eigenvalue weighted by atomic mass is 16.5. The minimum absolute atomic E-state index is 0.304. The Kier molecular flexibility index (Phi) is 3.84. The van der Waals surface area contributed by atoms with Crippen molar-refractivity contribution in [1.82, 2.24) is 5.32 Å². The van der Waals surface area contributed by atoms with Crippen molar-refractivity contribution in [3.05, 3.63) is 0 Å². The Balaban J connectivity index is 1.75. The predicted octanol–water partition coefficient (Wildman–Crippen LogP) is 3.21. The van der Waals surface area contributed by atoms with Crippen molar-refractivity contribution >= 4 is 0 Å². The van der Waals surface area contributed by atoms with Crippen molar-refractivity contribution < 1.29 is 4.74 Å². The molecule has 17 heavy (non-hydrogen) atoms. The Labute approximate surface area is 107 Å². The molecule has 0 aliphatic heterocycles. The van der Waals surface area contributed by atoms with E-state index in [1.807, 2.05) is 0 Å². The zero-order chi connectivity index (χ0) is 12.6. The van der Waals surface area contributed by atoms with Gasteiger partial charge in [0.1, 0.15) is 0 Å². The lowest BCUT2D eigenvalue weighted by Crippen LogP contribution is -2.62. The molecule has 2 saturated carbocycles. The summed E-state index contributed by atoms with van der Waals surface area (Å²) in [7, 11) is 0. The lowest BCUT2D eigenvalue weighted by atomic mass is 9.64. The summed E-state index contributed by atoms with van der Waals surface area (Å²) in [6.45, 7) is 12.4. The third-order valence-corrected chi connectivity index (χ3v) is 4.60. The van der Waals surface area contributed by atoms with Gasteiger partial charge in [0.2, 0.25) is 0 Å². The summed E-state index contributed by atoms with van der Waals surface area (Å²) in [6.07, 6.45) is 4.49. The second kappa shape index (κ2) is 4.89. The molecule has 3 unspecified atom stereocenters. The Hall–Kier alpha value is -0.0800. The van der Waals surface area contributed by atoms with Crippen LogP contribution in [-0.2, 0) is 4.74 Å². The van der Waals surface area contributed by atoms with Crippen LogP contribution in [-0.4, -0.2) is 24.8 Å². The first-order valence-corrected chi connectivity index (χ1v) is 7.29. The van der Waals surface area contributed by atoms with E-state index in [9.17, 15) is 0 Å². The summed E-state index contributed by atoms with van der Waals surface area (Å²) in [5.74, 6) is 1.59. The number of hydrogen-bond acceptors (Lipinski definition) is 2. The maximum Gasteiger partial charge on any atom is 0.0656 e. The smallest absolute Gasteiger partial charge is 0.0656 e. The van der Waals surface area contributed by atoms with Gasteiger partial charge in [-0.1, -0.05) is 27.7 Å². The molecule has 0 radical (unpaired) electrons. The topological polar surface area (TPSA) is 21.3 Å². The lowest BCUT2D eigenvalue weighted by molar-refractivity contribution is -0.126. The standard InChI is InChI=1S/C15H29NO/c1-10(2)9-17-14-8-13(15(14,4)5)16-11(3)12-6-7-12/h10-14,16H,6-9H2,1-5H3. The SMILES string of the molecule is CC(C)COC1CC(NC(C)C2CC2)C1(C)C. The van der Waals surface area contributed by atoms with Gasteiger partial charge < -0.3 is 10.1 Å². The molecule has 0 bridgehead atoms. The van der Waals surface area contributed by atoms with Crippen LogP contribution in [0, 0.1) is 17.3 Å². The summed E-state index contributed by atoms with van der Waals surface area (Å²) in [5, 5.41) is 3.81. The number of nitrogens with one attached hydrogen (secondary N) is 1. The average molecular weight is 239 g/mol. The van der Waals surface area contributed by atoms with E-state index in [1.54, 1.807) is 0 Å². The molecular formula is C15H29NO. The van der Waals surface area contributed by atoms with Gasteiger partial charge in [0, 0.05) is 24.1 Å². The van der Waals surface area contributed by atoms with Gasteiger partial charge >= 0.3 is 0 Å². The Morgan fingerprint density at radius 1 is 1.24 bits per heavy atom. The van der Waals surface area contributed by atoms with Crippen molar-refractivity contribution in [1.29, 1.82) is 0 Å². The molecule has 0 spiro atoms. The second-order valence-corrected chi connectivity index (χ2v) is 7.12. The molecule has 3 atom stereocenters. The van der Waals surface area contributed by atoms with E-state index in [0.717, 1.165) is 12.5 Å². The van der Waals surface area contributed by atoms with Crippen molar-refractivity contribution in [2.45, 2.75) is 72.1 Å².